The molecule has 41 heavy (non-hydrogen) atoms. The molecule has 1 unspecified atom stereocenters. The summed E-state index contributed by atoms with van der Waals surface area (Å²) in [5.41, 5.74) is 5.01. The molecule has 1 aliphatic carbocycles. The first kappa shape index (κ1) is 29.6. The van der Waals surface area contributed by atoms with Gasteiger partial charge in [0.25, 0.3) is 11.8 Å². The van der Waals surface area contributed by atoms with Crippen molar-refractivity contribution in [1.29, 1.82) is 0 Å². The quantitative estimate of drug-likeness (QED) is 0.404. The highest BCUT2D eigenvalue weighted by molar-refractivity contribution is 7.19. The van der Waals surface area contributed by atoms with Crippen LogP contribution >= 0.6 is 11.3 Å². The minimum atomic E-state index is -0.254. The maximum atomic E-state index is 13.5. The van der Waals surface area contributed by atoms with Gasteiger partial charge in [-0.3, -0.25) is 9.59 Å². The second-order valence-corrected chi connectivity index (χ2v) is 14.2. The molecule has 2 aliphatic rings. The fraction of sp³-hybridized carbons (Fsp3) is 0.562. The van der Waals surface area contributed by atoms with Crippen molar-refractivity contribution in [3.63, 3.8) is 0 Å². The van der Waals surface area contributed by atoms with E-state index in [0.29, 0.717) is 22.9 Å². The number of hydrogen-bond acceptors (Lipinski definition) is 7. The zero-order valence-electron chi connectivity index (χ0n) is 25.3. The number of fused-ring (bicyclic) bond motifs is 2. The van der Waals surface area contributed by atoms with Crippen LogP contribution in [-0.2, 0) is 12.8 Å². The third-order valence-corrected chi connectivity index (χ3v) is 9.58. The van der Waals surface area contributed by atoms with Gasteiger partial charge in [0.2, 0.25) is 0 Å². The molecule has 1 fully saturated rings. The summed E-state index contributed by atoms with van der Waals surface area (Å²) in [5, 5.41) is 6.82. The third kappa shape index (κ3) is 7.13. The van der Waals surface area contributed by atoms with E-state index in [2.05, 4.69) is 54.3 Å². The van der Waals surface area contributed by atoms with Crippen LogP contribution in [0, 0.1) is 11.3 Å². The van der Waals surface area contributed by atoms with Gasteiger partial charge in [-0.05, 0) is 107 Å². The van der Waals surface area contributed by atoms with Gasteiger partial charge < -0.3 is 20.4 Å². The molecular weight excluding hydrogens is 532 g/mol. The third-order valence-electron chi connectivity index (χ3n) is 8.62. The van der Waals surface area contributed by atoms with Crippen molar-refractivity contribution >= 4 is 33.5 Å². The van der Waals surface area contributed by atoms with E-state index in [1.54, 1.807) is 0 Å². The number of rotatable bonds is 8. The topological polar surface area (TPSA) is 90.5 Å². The number of aryl methyl sites for hydroxylation is 1. The summed E-state index contributed by atoms with van der Waals surface area (Å²) in [6.07, 6.45) is 4.79. The molecule has 0 bridgehead atoms. The molecule has 1 aromatic carbocycles. The van der Waals surface area contributed by atoms with Crippen LogP contribution in [0.2, 0.25) is 0 Å². The van der Waals surface area contributed by atoms with E-state index in [-0.39, 0.29) is 29.3 Å². The Morgan fingerprint density at radius 3 is 2.66 bits per heavy atom. The standard InChI is InChI=1S/C32H44N6O2S/c1-32(2,3)23-10-11-25-22(17-23)18-27-30(35-25)41-31(36-27)29(40)34-26(13-14-37(4)5)20-8-7-9-21(16-20)28(39)33-24-12-15-38(6)19-24/h7-9,16,18,23-24,26H,10-15,17,19H2,1-6H3,(H,33,39)(H,34,40)/t23-,24-,26?/m0/s1. The first-order valence-corrected chi connectivity index (χ1v) is 15.6. The zero-order valence-corrected chi connectivity index (χ0v) is 26.1. The Balaban J connectivity index is 1.34. The van der Waals surface area contributed by atoms with E-state index >= 15 is 0 Å². The number of pyridine rings is 1. The van der Waals surface area contributed by atoms with Crippen LogP contribution in [0.25, 0.3) is 10.3 Å². The maximum absolute atomic E-state index is 13.5. The van der Waals surface area contributed by atoms with Gasteiger partial charge in [-0.25, -0.2) is 9.97 Å². The molecule has 1 aliphatic heterocycles. The van der Waals surface area contributed by atoms with E-state index in [1.165, 1.54) is 16.9 Å². The Morgan fingerprint density at radius 1 is 1.15 bits per heavy atom. The van der Waals surface area contributed by atoms with Crippen molar-refractivity contribution in [3.8, 4) is 0 Å². The van der Waals surface area contributed by atoms with Gasteiger partial charge in [-0.1, -0.05) is 44.2 Å². The lowest BCUT2D eigenvalue weighted by Crippen LogP contribution is -2.36. The molecule has 0 spiro atoms. The highest BCUT2D eigenvalue weighted by atomic mass is 32.1. The van der Waals surface area contributed by atoms with Gasteiger partial charge in [-0.2, -0.15) is 0 Å². The summed E-state index contributed by atoms with van der Waals surface area (Å²) in [4.78, 5) is 41.4. The fourth-order valence-electron chi connectivity index (χ4n) is 6.00. The molecule has 9 heteroatoms. The minimum Gasteiger partial charge on any atom is -0.348 e. The molecule has 3 aromatic rings. The number of aromatic nitrogens is 2. The maximum Gasteiger partial charge on any atom is 0.280 e. The van der Waals surface area contributed by atoms with Crippen molar-refractivity contribution in [2.24, 2.45) is 11.3 Å². The van der Waals surface area contributed by atoms with E-state index in [0.717, 1.165) is 66.9 Å². The van der Waals surface area contributed by atoms with Gasteiger partial charge in [-0.15, -0.1) is 0 Å². The number of carbonyl (C=O) groups excluding carboxylic acids is 2. The molecule has 0 radical (unpaired) electrons. The molecule has 2 amide bonds. The summed E-state index contributed by atoms with van der Waals surface area (Å²) in [5.74, 6) is 0.344. The Labute approximate surface area is 247 Å². The van der Waals surface area contributed by atoms with Gasteiger partial charge >= 0.3 is 0 Å². The number of likely N-dealkylation sites (N-methyl/N-ethyl adjacent to an activating group) is 1. The predicted molar refractivity (Wildman–Crippen MR) is 166 cm³/mol. The number of thiazole rings is 1. The minimum absolute atomic E-state index is 0.0697. The van der Waals surface area contributed by atoms with Crippen LogP contribution in [0.1, 0.15) is 83.1 Å². The lowest BCUT2D eigenvalue weighted by molar-refractivity contribution is 0.0929. The van der Waals surface area contributed by atoms with E-state index in [9.17, 15) is 9.59 Å². The normalized spacial score (nSPS) is 20.3. The summed E-state index contributed by atoms with van der Waals surface area (Å²) >= 11 is 1.36. The van der Waals surface area contributed by atoms with Crippen LogP contribution in [0.15, 0.2) is 30.3 Å². The number of benzene rings is 1. The molecular formula is C32H44N6O2S. The average Bonchev–Trinajstić information content (AvgIpc) is 3.53. The Hall–Kier alpha value is -2.88. The monoisotopic (exact) mass is 576 g/mol. The van der Waals surface area contributed by atoms with Crippen LogP contribution in [-0.4, -0.2) is 78.4 Å². The van der Waals surface area contributed by atoms with E-state index in [4.69, 9.17) is 9.97 Å². The molecule has 3 heterocycles. The van der Waals surface area contributed by atoms with Gasteiger partial charge in [0.15, 0.2) is 5.01 Å². The van der Waals surface area contributed by atoms with Crippen molar-refractivity contribution in [1.82, 2.24) is 30.4 Å². The second-order valence-electron chi connectivity index (χ2n) is 13.2. The average molecular weight is 577 g/mol. The predicted octanol–water partition coefficient (Wildman–Crippen LogP) is 4.70. The van der Waals surface area contributed by atoms with Crippen LogP contribution in [0.3, 0.4) is 0 Å². The highest BCUT2D eigenvalue weighted by Crippen LogP contribution is 2.38. The van der Waals surface area contributed by atoms with Crippen molar-refractivity contribution in [2.45, 2.75) is 65.0 Å². The zero-order chi connectivity index (χ0) is 29.3. The van der Waals surface area contributed by atoms with E-state index in [1.807, 2.05) is 38.4 Å². The number of likely N-dealkylation sites (tertiary alicyclic amines) is 1. The first-order chi connectivity index (χ1) is 19.5. The van der Waals surface area contributed by atoms with Crippen LogP contribution in [0.4, 0.5) is 0 Å². The fourth-order valence-corrected chi connectivity index (χ4v) is 6.84. The Morgan fingerprint density at radius 2 is 1.95 bits per heavy atom. The van der Waals surface area contributed by atoms with Crippen LogP contribution < -0.4 is 10.6 Å². The molecule has 5 rings (SSSR count). The number of amides is 2. The number of carbonyl (C=O) groups is 2. The Bertz CT molecular complexity index is 1410. The lowest BCUT2D eigenvalue weighted by Gasteiger charge is -2.34. The number of nitrogens with zero attached hydrogens (tertiary/aromatic N) is 4. The molecule has 1 saturated heterocycles. The van der Waals surface area contributed by atoms with Crippen molar-refractivity contribution in [2.75, 3.05) is 40.8 Å². The summed E-state index contributed by atoms with van der Waals surface area (Å²) in [6, 6.07) is 9.70. The first-order valence-electron chi connectivity index (χ1n) is 14.8. The molecule has 220 valence electrons. The summed E-state index contributed by atoms with van der Waals surface area (Å²) in [7, 11) is 6.11. The second kappa shape index (κ2) is 12.2. The highest BCUT2D eigenvalue weighted by Gasteiger charge is 2.30. The summed E-state index contributed by atoms with van der Waals surface area (Å²) in [6.45, 7) is 9.57. The van der Waals surface area contributed by atoms with Gasteiger partial charge in [0, 0.05) is 23.8 Å². The molecule has 3 atom stereocenters. The molecule has 2 aromatic heterocycles. The van der Waals surface area contributed by atoms with Crippen molar-refractivity contribution in [3.05, 3.63) is 57.7 Å². The lowest BCUT2D eigenvalue weighted by atomic mass is 9.71. The summed E-state index contributed by atoms with van der Waals surface area (Å²) < 4.78 is 0. The number of nitrogens with one attached hydrogen (secondary N) is 2. The van der Waals surface area contributed by atoms with Gasteiger partial charge in [0.05, 0.1) is 6.04 Å². The largest absolute Gasteiger partial charge is 0.348 e. The van der Waals surface area contributed by atoms with Gasteiger partial charge in [0.1, 0.15) is 10.3 Å². The molecule has 8 nitrogen and oxygen atoms in total. The van der Waals surface area contributed by atoms with Crippen LogP contribution in [0.5, 0.6) is 0 Å². The van der Waals surface area contributed by atoms with Crippen molar-refractivity contribution < 1.29 is 9.59 Å². The van der Waals surface area contributed by atoms with E-state index < -0.39 is 0 Å². The number of hydrogen-bond donors (Lipinski definition) is 2. The Kier molecular flexibility index (Phi) is 8.78. The smallest absolute Gasteiger partial charge is 0.280 e. The molecule has 0 saturated carbocycles. The molecule has 2 N–H and O–H groups in total. The SMILES string of the molecule is CN(C)CCC(NC(=O)c1nc2cc3c(nc2s1)CC[C@H](C(C)(C)C)C3)c1cccc(C(=O)N[C@H]2CCN(C)C2)c1.